The van der Waals surface area contributed by atoms with Gasteiger partial charge in [0.1, 0.15) is 5.75 Å². The highest BCUT2D eigenvalue weighted by Gasteiger charge is 2.19. The number of hydrogen-bond acceptors (Lipinski definition) is 3. The van der Waals surface area contributed by atoms with E-state index in [1.807, 2.05) is 25.1 Å². The van der Waals surface area contributed by atoms with E-state index in [9.17, 15) is 9.90 Å². The van der Waals surface area contributed by atoms with E-state index in [1.54, 1.807) is 19.1 Å². The Morgan fingerprint density at radius 1 is 1.39 bits per heavy atom. The Kier molecular flexibility index (Phi) is 5.65. The molecule has 2 N–H and O–H groups in total. The second kappa shape index (κ2) is 7.01. The first-order chi connectivity index (χ1) is 8.53. The summed E-state index contributed by atoms with van der Waals surface area (Å²) in [6, 6.07) is 9.16. The van der Waals surface area contributed by atoms with E-state index in [-0.39, 0.29) is 19.1 Å². The molecule has 0 aliphatic carbocycles. The van der Waals surface area contributed by atoms with Gasteiger partial charge in [0.05, 0.1) is 5.60 Å². The van der Waals surface area contributed by atoms with Gasteiger partial charge in [-0.3, -0.25) is 4.79 Å². The molecule has 0 radical (unpaired) electrons. The number of carbonyl (C=O) groups excluding carboxylic acids is 1. The molecule has 1 unspecified atom stereocenters. The third-order valence-electron chi connectivity index (χ3n) is 2.57. The van der Waals surface area contributed by atoms with Crippen LogP contribution in [0.3, 0.4) is 0 Å². The lowest BCUT2D eigenvalue weighted by Crippen LogP contribution is -2.42. The van der Waals surface area contributed by atoms with Crippen LogP contribution in [0.15, 0.2) is 30.3 Å². The van der Waals surface area contributed by atoms with Gasteiger partial charge in [-0.1, -0.05) is 31.5 Å². The second-order valence-corrected chi connectivity index (χ2v) is 4.63. The maximum Gasteiger partial charge on any atom is 0.258 e. The third kappa shape index (κ3) is 5.68. The van der Waals surface area contributed by atoms with Gasteiger partial charge in [-0.2, -0.15) is 0 Å². The summed E-state index contributed by atoms with van der Waals surface area (Å²) in [6.45, 7) is 3.92. The fraction of sp³-hybridized carbons (Fsp3) is 0.500. The summed E-state index contributed by atoms with van der Waals surface area (Å²) in [5.74, 6) is 0.434. The topological polar surface area (TPSA) is 58.6 Å². The van der Waals surface area contributed by atoms with Crippen molar-refractivity contribution in [3.8, 4) is 5.75 Å². The van der Waals surface area contributed by atoms with Gasteiger partial charge < -0.3 is 15.2 Å². The summed E-state index contributed by atoms with van der Waals surface area (Å²) in [6.07, 6.45) is 1.54. The van der Waals surface area contributed by atoms with Crippen LogP contribution in [0, 0.1) is 0 Å². The van der Waals surface area contributed by atoms with Crippen LogP contribution in [0.25, 0.3) is 0 Å². The summed E-state index contributed by atoms with van der Waals surface area (Å²) >= 11 is 0. The van der Waals surface area contributed by atoms with Gasteiger partial charge >= 0.3 is 0 Å². The summed E-state index contributed by atoms with van der Waals surface area (Å²) < 4.78 is 5.30. The molecule has 18 heavy (non-hydrogen) atoms. The van der Waals surface area contributed by atoms with Gasteiger partial charge in [-0.15, -0.1) is 0 Å². The van der Waals surface area contributed by atoms with E-state index in [4.69, 9.17) is 4.74 Å². The van der Waals surface area contributed by atoms with E-state index >= 15 is 0 Å². The molecule has 0 fully saturated rings. The number of nitrogens with one attached hydrogen (secondary N) is 1. The Balaban J connectivity index is 2.26. The normalized spacial score (nSPS) is 13.7. The van der Waals surface area contributed by atoms with Crippen LogP contribution in [0.5, 0.6) is 5.75 Å². The fourth-order valence-corrected chi connectivity index (χ4v) is 1.63. The molecule has 1 atom stereocenters. The first-order valence-electron chi connectivity index (χ1n) is 6.20. The lowest BCUT2D eigenvalue weighted by Gasteiger charge is -2.22. The molecule has 4 nitrogen and oxygen atoms in total. The van der Waals surface area contributed by atoms with Crippen molar-refractivity contribution < 1.29 is 14.6 Å². The number of benzene rings is 1. The molecule has 0 saturated carbocycles. The van der Waals surface area contributed by atoms with E-state index in [1.165, 1.54) is 0 Å². The largest absolute Gasteiger partial charge is 0.484 e. The minimum absolute atomic E-state index is 0.0355. The molecular weight excluding hydrogens is 230 g/mol. The van der Waals surface area contributed by atoms with E-state index in [0.717, 1.165) is 6.42 Å². The van der Waals surface area contributed by atoms with Crippen molar-refractivity contribution in [2.75, 3.05) is 13.2 Å². The van der Waals surface area contributed by atoms with Crippen molar-refractivity contribution in [3.05, 3.63) is 30.3 Å². The molecule has 1 aromatic carbocycles. The van der Waals surface area contributed by atoms with Crippen molar-refractivity contribution in [2.45, 2.75) is 32.3 Å². The summed E-state index contributed by atoms with van der Waals surface area (Å²) in [5, 5.41) is 12.6. The van der Waals surface area contributed by atoms with Gasteiger partial charge in [-0.05, 0) is 25.5 Å². The smallest absolute Gasteiger partial charge is 0.258 e. The van der Waals surface area contributed by atoms with Crippen molar-refractivity contribution in [2.24, 2.45) is 0 Å². The van der Waals surface area contributed by atoms with Gasteiger partial charge in [0.15, 0.2) is 6.61 Å². The number of carbonyl (C=O) groups is 1. The number of amides is 1. The first kappa shape index (κ1) is 14.5. The SMILES string of the molecule is CCCC(C)(O)CNC(=O)COc1ccccc1. The molecule has 1 aromatic rings. The molecule has 0 aliphatic heterocycles. The van der Waals surface area contributed by atoms with Crippen LogP contribution in [0.2, 0.25) is 0 Å². The zero-order valence-electron chi connectivity index (χ0n) is 11.0. The van der Waals surface area contributed by atoms with Crippen molar-refractivity contribution in [1.82, 2.24) is 5.32 Å². The Hall–Kier alpha value is -1.55. The zero-order valence-corrected chi connectivity index (χ0v) is 11.0. The lowest BCUT2D eigenvalue weighted by atomic mass is 10.0. The minimum Gasteiger partial charge on any atom is -0.484 e. The predicted molar refractivity (Wildman–Crippen MR) is 70.5 cm³/mol. The van der Waals surface area contributed by atoms with Crippen LogP contribution < -0.4 is 10.1 Å². The van der Waals surface area contributed by atoms with Gasteiger partial charge in [0, 0.05) is 6.54 Å². The van der Waals surface area contributed by atoms with Crippen LogP contribution in [0.1, 0.15) is 26.7 Å². The van der Waals surface area contributed by atoms with Gasteiger partial charge in [-0.25, -0.2) is 0 Å². The molecular formula is C14H21NO3. The molecule has 0 heterocycles. The van der Waals surface area contributed by atoms with E-state index in [0.29, 0.717) is 12.2 Å². The predicted octanol–water partition coefficient (Wildman–Crippen LogP) is 1.73. The third-order valence-corrected chi connectivity index (χ3v) is 2.57. The molecule has 100 valence electrons. The molecule has 0 bridgehead atoms. The lowest BCUT2D eigenvalue weighted by molar-refractivity contribution is -0.124. The highest BCUT2D eigenvalue weighted by molar-refractivity contribution is 5.77. The van der Waals surface area contributed by atoms with Gasteiger partial charge in [0.2, 0.25) is 0 Å². The molecule has 4 heteroatoms. The van der Waals surface area contributed by atoms with Crippen molar-refractivity contribution in [3.63, 3.8) is 0 Å². The first-order valence-corrected chi connectivity index (χ1v) is 6.20. The quantitative estimate of drug-likeness (QED) is 0.776. The Bertz CT molecular complexity index is 363. The van der Waals surface area contributed by atoms with Gasteiger partial charge in [0.25, 0.3) is 5.91 Å². The van der Waals surface area contributed by atoms with E-state index < -0.39 is 5.60 Å². The molecule has 0 aromatic heterocycles. The fourth-order valence-electron chi connectivity index (χ4n) is 1.63. The highest BCUT2D eigenvalue weighted by Crippen LogP contribution is 2.10. The highest BCUT2D eigenvalue weighted by atomic mass is 16.5. The number of hydrogen-bond donors (Lipinski definition) is 2. The Labute approximate surface area is 108 Å². The number of aliphatic hydroxyl groups is 1. The summed E-state index contributed by atoms with van der Waals surface area (Å²) in [4.78, 5) is 11.5. The minimum atomic E-state index is -0.850. The maximum atomic E-state index is 11.5. The molecule has 0 saturated heterocycles. The second-order valence-electron chi connectivity index (χ2n) is 4.63. The standard InChI is InChI=1S/C14H21NO3/c1-3-9-14(2,17)11-15-13(16)10-18-12-7-5-4-6-8-12/h4-8,17H,3,9-11H2,1-2H3,(H,15,16). The van der Waals surface area contributed by atoms with Crippen LogP contribution in [-0.2, 0) is 4.79 Å². The zero-order chi connectivity index (χ0) is 13.4. The van der Waals surface area contributed by atoms with Crippen LogP contribution >= 0.6 is 0 Å². The van der Waals surface area contributed by atoms with Crippen molar-refractivity contribution in [1.29, 1.82) is 0 Å². The van der Waals surface area contributed by atoms with E-state index in [2.05, 4.69) is 5.32 Å². The molecule has 1 rings (SSSR count). The number of para-hydroxylation sites is 1. The maximum absolute atomic E-state index is 11.5. The molecule has 0 aliphatic rings. The summed E-state index contributed by atoms with van der Waals surface area (Å²) in [7, 11) is 0. The average molecular weight is 251 g/mol. The Morgan fingerprint density at radius 2 is 2.06 bits per heavy atom. The van der Waals surface area contributed by atoms with Crippen LogP contribution in [0.4, 0.5) is 0 Å². The summed E-state index contributed by atoms with van der Waals surface area (Å²) in [5.41, 5.74) is -0.850. The average Bonchev–Trinajstić information content (AvgIpc) is 2.35. The number of ether oxygens (including phenoxy) is 1. The van der Waals surface area contributed by atoms with Crippen LogP contribution in [-0.4, -0.2) is 29.8 Å². The monoisotopic (exact) mass is 251 g/mol. The Morgan fingerprint density at radius 3 is 2.67 bits per heavy atom. The van der Waals surface area contributed by atoms with Crippen molar-refractivity contribution >= 4 is 5.91 Å². The molecule has 0 spiro atoms. The number of rotatable bonds is 7. The molecule has 1 amide bonds.